The van der Waals surface area contributed by atoms with Crippen LogP contribution in [0.3, 0.4) is 0 Å². The second-order valence-corrected chi connectivity index (χ2v) is 13.5. The molecular formula is C26H32F3N5O3S2. The molecule has 2 aromatic rings. The Morgan fingerprint density at radius 1 is 1.13 bits per heavy atom. The highest BCUT2D eigenvalue weighted by atomic mass is 32.2. The molecule has 0 unspecified atom stereocenters. The zero-order valence-corrected chi connectivity index (χ0v) is 23.1. The van der Waals surface area contributed by atoms with Crippen LogP contribution in [0.15, 0.2) is 30.5 Å². The Morgan fingerprint density at radius 3 is 2.33 bits per heavy atom. The van der Waals surface area contributed by atoms with E-state index in [-0.39, 0.29) is 28.5 Å². The molecule has 0 spiro atoms. The Kier molecular flexibility index (Phi) is 9.06. The zero-order valence-electron chi connectivity index (χ0n) is 21.5. The number of nitrogens with zero attached hydrogens (tertiary/aromatic N) is 3. The molecule has 2 saturated carbocycles. The number of nitriles is 1. The van der Waals surface area contributed by atoms with Gasteiger partial charge in [-0.25, -0.2) is 13.4 Å². The van der Waals surface area contributed by atoms with Crippen molar-refractivity contribution in [3.8, 4) is 16.5 Å². The van der Waals surface area contributed by atoms with Gasteiger partial charge in [0.2, 0.25) is 5.91 Å². The van der Waals surface area contributed by atoms with Crippen LogP contribution in [0.5, 0.6) is 0 Å². The number of alkyl halides is 3. The van der Waals surface area contributed by atoms with Crippen LogP contribution in [-0.2, 0) is 14.6 Å². The lowest BCUT2D eigenvalue weighted by Crippen LogP contribution is -2.40. The first-order valence-corrected chi connectivity index (χ1v) is 15.7. The Hall–Kier alpha value is -2.85. The predicted molar refractivity (Wildman–Crippen MR) is 145 cm³/mol. The van der Waals surface area contributed by atoms with Crippen LogP contribution in [0, 0.1) is 17.2 Å². The molecule has 2 N–H and O–H groups in total. The minimum absolute atomic E-state index is 0.115. The summed E-state index contributed by atoms with van der Waals surface area (Å²) in [6.45, 7) is -0.182. The number of sulfone groups is 1. The van der Waals surface area contributed by atoms with Crippen LogP contribution in [0.2, 0.25) is 0 Å². The van der Waals surface area contributed by atoms with E-state index in [2.05, 4.69) is 21.7 Å². The highest BCUT2D eigenvalue weighted by Crippen LogP contribution is 2.35. The Balaban J connectivity index is 0.000000212. The molecule has 3 aliphatic rings. The zero-order chi connectivity index (χ0) is 28.1. The van der Waals surface area contributed by atoms with Crippen molar-refractivity contribution in [3.63, 3.8) is 0 Å². The fourth-order valence-corrected chi connectivity index (χ4v) is 6.58. The molecule has 0 bridgehead atoms. The van der Waals surface area contributed by atoms with Crippen LogP contribution >= 0.6 is 11.3 Å². The molecule has 0 atom stereocenters. The summed E-state index contributed by atoms with van der Waals surface area (Å²) in [7, 11) is -2.92. The molecular weight excluding hydrogens is 551 g/mol. The molecule has 1 aromatic heterocycles. The lowest BCUT2D eigenvalue weighted by Gasteiger charge is -2.28. The average Bonchev–Trinajstić information content (AvgIpc) is 3.52. The first-order valence-electron chi connectivity index (χ1n) is 13.0. The van der Waals surface area contributed by atoms with Crippen LogP contribution in [0.1, 0.15) is 44.9 Å². The minimum atomic E-state index is -4.28. The fourth-order valence-electron chi connectivity index (χ4n) is 4.56. The lowest BCUT2D eigenvalue weighted by atomic mass is 9.88. The van der Waals surface area contributed by atoms with E-state index in [0.717, 1.165) is 66.0 Å². The molecule has 0 radical (unpaired) electrons. The first kappa shape index (κ1) is 29.1. The number of anilines is 2. The van der Waals surface area contributed by atoms with E-state index in [1.807, 2.05) is 29.2 Å². The van der Waals surface area contributed by atoms with Gasteiger partial charge in [-0.2, -0.15) is 18.4 Å². The molecule has 1 aliphatic heterocycles. The van der Waals surface area contributed by atoms with Crippen LogP contribution in [0.4, 0.5) is 24.0 Å². The number of aromatic nitrogens is 1. The van der Waals surface area contributed by atoms with E-state index in [9.17, 15) is 26.4 Å². The van der Waals surface area contributed by atoms with Crippen LogP contribution < -0.4 is 15.5 Å². The van der Waals surface area contributed by atoms with E-state index < -0.39 is 28.1 Å². The minimum Gasteiger partial charge on any atom is -0.369 e. The number of amides is 1. The highest BCUT2D eigenvalue weighted by molar-refractivity contribution is 7.91. The topological polar surface area (TPSA) is 115 Å². The molecule has 3 fully saturated rings. The summed E-state index contributed by atoms with van der Waals surface area (Å²) in [5, 5.41) is 14.2. The standard InChI is InChI=1S/C15H16F3N3O2S2.C11H16N2O/c16-15(17,18)10-20-14-19-9-13(24-14)11-1-3-12(4-2-11)21-5-7-25(22,23)8-6-21;12-8-11(6-7-11)13-10(14)9-4-2-1-3-5-9/h1-4,9H,5-8,10H2,(H,19,20);9H,1-7H2,(H,13,14). The summed E-state index contributed by atoms with van der Waals surface area (Å²) in [6, 6.07) is 9.68. The number of thiazole rings is 1. The summed E-state index contributed by atoms with van der Waals surface area (Å²) < 4.78 is 59.6. The van der Waals surface area contributed by atoms with E-state index in [1.165, 1.54) is 12.6 Å². The van der Waals surface area contributed by atoms with Crippen molar-refractivity contribution in [2.45, 2.75) is 56.7 Å². The molecule has 2 aliphatic carbocycles. The van der Waals surface area contributed by atoms with Crippen LogP contribution in [-0.4, -0.2) is 62.2 Å². The van der Waals surface area contributed by atoms with Crippen molar-refractivity contribution in [1.29, 1.82) is 5.26 Å². The summed E-state index contributed by atoms with van der Waals surface area (Å²) in [6.07, 6.45) is 4.52. The van der Waals surface area contributed by atoms with Crippen molar-refractivity contribution < 1.29 is 26.4 Å². The summed E-state index contributed by atoms with van der Waals surface area (Å²) >= 11 is 1.15. The van der Waals surface area contributed by atoms with E-state index in [4.69, 9.17) is 5.26 Å². The predicted octanol–water partition coefficient (Wildman–Crippen LogP) is 4.76. The van der Waals surface area contributed by atoms with Crippen molar-refractivity contribution in [3.05, 3.63) is 30.5 Å². The third-order valence-electron chi connectivity index (χ3n) is 7.11. The van der Waals surface area contributed by atoms with E-state index in [0.29, 0.717) is 13.1 Å². The maximum absolute atomic E-state index is 12.2. The normalized spacial score (nSPS) is 20.2. The quantitative estimate of drug-likeness (QED) is 0.504. The van der Waals surface area contributed by atoms with Gasteiger partial charge in [0.1, 0.15) is 12.1 Å². The van der Waals surface area contributed by atoms with Crippen molar-refractivity contribution in [1.82, 2.24) is 10.3 Å². The van der Waals surface area contributed by atoms with E-state index >= 15 is 0 Å². The number of benzene rings is 1. The smallest absolute Gasteiger partial charge is 0.369 e. The number of rotatable bonds is 6. The molecule has 1 amide bonds. The van der Waals surface area contributed by atoms with Gasteiger partial charge in [0.25, 0.3) is 0 Å². The first-order chi connectivity index (χ1) is 18.5. The molecule has 1 saturated heterocycles. The average molecular weight is 584 g/mol. The van der Waals surface area contributed by atoms with Crippen molar-refractivity contribution in [2.24, 2.45) is 5.92 Å². The Bertz CT molecular complexity index is 1270. The summed E-state index contributed by atoms with van der Waals surface area (Å²) in [5.74, 6) is 0.591. The number of nitrogens with one attached hydrogen (secondary N) is 2. The molecule has 39 heavy (non-hydrogen) atoms. The van der Waals surface area contributed by atoms with Gasteiger partial charge in [0.05, 0.1) is 22.5 Å². The maximum Gasteiger partial charge on any atom is 0.405 e. The number of hydrogen-bond donors (Lipinski definition) is 2. The second-order valence-electron chi connectivity index (χ2n) is 10.2. The van der Waals surface area contributed by atoms with Gasteiger partial charge >= 0.3 is 6.18 Å². The highest BCUT2D eigenvalue weighted by Gasteiger charge is 2.45. The number of carbonyl (C=O) groups is 1. The second kappa shape index (κ2) is 12.1. The largest absolute Gasteiger partial charge is 0.405 e. The SMILES string of the molecule is N#CC1(NC(=O)C2CCCCC2)CC1.O=S1(=O)CCN(c2ccc(-c3cnc(NCC(F)(F)F)s3)cc2)CC1. The number of carbonyl (C=O) groups excluding carboxylic acids is 1. The van der Waals surface area contributed by atoms with Gasteiger partial charge < -0.3 is 15.5 Å². The van der Waals surface area contributed by atoms with Gasteiger partial charge in [-0.05, 0) is 43.4 Å². The number of hydrogen-bond acceptors (Lipinski definition) is 8. The monoisotopic (exact) mass is 583 g/mol. The van der Waals surface area contributed by atoms with Crippen LogP contribution in [0.25, 0.3) is 10.4 Å². The molecule has 1 aromatic carbocycles. The van der Waals surface area contributed by atoms with Gasteiger partial charge in [-0.15, -0.1) is 0 Å². The summed E-state index contributed by atoms with van der Waals surface area (Å²) in [5.41, 5.74) is 1.30. The fraction of sp³-hybridized carbons (Fsp3) is 0.577. The third kappa shape index (κ3) is 8.57. The lowest BCUT2D eigenvalue weighted by molar-refractivity contribution is -0.126. The number of halogens is 3. The van der Waals surface area contributed by atoms with Gasteiger partial charge in [0.15, 0.2) is 15.0 Å². The molecule has 13 heteroatoms. The van der Waals surface area contributed by atoms with Crippen molar-refractivity contribution in [2.75, 3.05) is 41.4 Å². The van der Waals surface area contributed by atoms with Gasteiger partial charge in [0, 0.05) is 30.9 Å². The molecule has 212 valence electrons. The van der Waals surface area contributed by atoms with Gasteiger partial charge in [-0.1, -0.05) is 42.7 Å². The Labute approximate surface area is 230 Å². The third-order valence-corrected chi connectivity index (χ3v) is 9.72. The molecule has 2 heterocycles. The Morgan fingerprint density at radius 2 is 1.77 bits per heavy atom. The van der Waals surface area contributed by atoms with Crippen molar-refractivity contribution >= 4 is 37.9 Å². The summed E-state index contributed by atoms with van der Waals surface area (Å²) in [4.78, 5) is 18.5. The van der Waals surface area contributed by atoms with Gasteiger partial charge in [-0.3, -0.25) is 4.79 Å². The maximum atomic E-state index is 12.2. The molecule has 5 rings (SSSR count). The van der Waals surface area contributed by atoms with E-state index in [1.54, 1.807) is 0 Å². The molecule has 8 nitrogen and oxygen atoms in total.